The number of benzene rings is 2. The van der Waals surface area contributed by atoms with Crippen LogP contribution < -0.4 is 5.32 Å². The van der Waals surface area contributed by atoms with Gasteiger partial charge in [0.25, 0.3) is 0 Å². The van der Waals surface area contributed by atoms with Crippen LogP contribution in [0, 0.1) is 23.3 Å². The molecule has 0 atom stereocenters. The van der Waals surface area contributed by atoms with E-state index in [1.54, 1.807) is 0 Å². The van der Waals surface area contributed by atoms with Crippen LogP contribution >= 0.6 is 0 Å². The Balaban J connectivity index is 2.59. The van der Waals surface area contributed by atoms with Gasteiger partial charge in [0.15, 0.2) is 23.3 Å². The first-order valence-corrected chi connectivity index (χ1v) is 6.21. The average Bonchev–Trinajstić information content (AvgIpc) is 2.56. The molecular weight excluding hydrogens is 314 g/mol. The molecule has 2 N–H and O–H groups in total. The molecule has 3 nitrogen and oxygen atoms in total. The molecule has 0 aromatic heterocycles. The number of aryl methyl sites for hydroxylation is 1. The van der Waals surface area contributed by atoms with Gasteiger partial charge in [-0.1, -0.05) is 19.0 Å². The van der Waals surface area contributed by atoms with E-state index in [2.05, 4.69) is 5.32 Å². The predicted molar refractivity (Wildman–Crippen MR) is 76.7 cm³/mol. The van der Waals surface area contributed by atoms with Crippen LogP contribution in [0.4, 0.5) is 28.9 Å². The van der Waals surface area contributed by atoms with Crippen molar-refractivity contribution in [3.8, 4) is 0 Å². The van der Waals surface area contributed by atoms with E-state index in [0.717, 1.165) is 18.2 Å². The molecule has 0 unspecified atom stereocenters. The minimum absolute atomic E-state index is 0.00196. The van der Waals surface area contributed by atoms with E-state index in [1.807, 2.05) is 0 Å². The SMILES string of the molecule is [2H]C([2H])([2H])C([2H])([2H])c1ccc(Nc2c(F)c(F)cc(F)c2F)c(CC(=O)O)c1. The van der Waals surface area contributed by atoms with Crippen LogP contribution in [-0.4, -0.2) is 11.1 Å². The van der Waals surface area contributed by atoms with Crippen LogP contribution in [0.3, 0.4) is 0 Å². The number of hydrogen-bond acceptors (Lipinski definition) is 2. The molecule has 23 heavy (non-hydrogen) atoms. The summed E-state index contributed by atoms with van der Waals surface area (Å²) in [5.74, 6) is -8.28. The van der Waals surface area contributed by atoms with Crippen LogP contribution in [0.1, 0.15) is 24.8 Å². The van der Waals surface area contributed by atoms with Crippen LogP contribution in [0.15, 0.2) is 24.3 Å². The van der Waals surface area contributed by atoms with Gasteiger partial charge in [0.2, 0.25) is 0 Å². The summed E-state index contributed by atoms with van der Waals surface area (Å²) >= 11 is 0. The van der Waals surface area contributed by atoms with Gasteiger partial charge in [-0.3, -0.25) is 4.79 Å². The fourth-order valence-corrected chi connectivity index (χ4v) is 1.92. The Labute approximate surface area is 136 Å². The fraction of sp³-hybridized carbons (Fsp3) is 0.188. The van der Waals surface area contributed by atoms with Crippen molar-refractivity contribution in [3.63, 3.8) is 0 Å². The predicted octanol–water partition coefficient (Wildman–Crippen LogP) is 4.18. The van der Waals surface area contributed by atoms with Crippen molar-refractivity contribution in [2.45, 2.75) is 19.6 Å². The lowest BCUT2D eigenvalue weighted by molar-refractivity contribution is -0.136. The molecule has 0 aliphatic carbocycles. The smallest absolute Gasteiger partial charge is 0.307 e. The van der Waals surface area contributed by atoms with Gasteiger partial charge in [-0.2, -0.15) is 0 Å². The number of aliphatic carboxylic acids is 1. The molecule has 2 aromatic carbocycles. The molecular formula is C16H13F4NO2. The summed E-state index contributed by atoms with van der Waals surface area (Å²) in [4.78, 5) is 11.1. The Morgan fingerprint density at radius 2 is 1.87 bits per heavy atom. The Morgan fingerprint density at radius 3 is 2.43 bits per heavy atom. The molecule has 122 valence electrons. The highest BCUT2D eigenvalue weighted by Crippen LogP contribution is 2.29. The van der Waals surface area contributed by atoms with Crippen molar-refractivity contribution >= 4 is 17.3 Å². The maximum atomic E-state index is 13.9. The highest BCUT2D eigenvalue weighted by atomic mass is 19.2. The summed E-state index contributed by atoms with van der Waals surface area (Å²) in [7, 11) is 0. The third-order valence-corrected chi connectivity index (χ3v) is 2.96. The highest BCUT2D eigenvalue weighted by Gasteiger charge is 2.20. The molecule has 0 heterocycles. The Bertz CT molecular complexity index is 908. The lowest BCUT2D eigenvalue weighted by atomic mass is 10.0. The molecule has 0 amide bonds. The zero-order valence-corrected chi connectivity index (χ0v) is 11.4. The van der Waals surface area contributed by atoms with Gasteiger partial charge in [-0.05, 0) is 23.6 Å². The van der Waals surface area contributed by atoms with Gasteiger partial charge < -0.3 is 10.4 Å². The van der Waals surface area contributed by atoms with E-state index >= 15 is 0 Å². The van der Waals surface area contributed by atoms with Gasteiger partial charge in [-0.15, -0.1) is 0 Å². The summed E-state index contributed by atoms with van der Waals surface area (Å²) in [5, 5.41) is 11.1. The number of carbonyl (C=O) groups is 1. The largest absolute Gasteiger partial charge is 0.481 e. The van der Waals surface area contributed by atoms with Crippen molar-refractivity contribution in [1.29, 1.82) is 0 Å². The van der Waals surface area contributed by atoms with Crippen LogP contribution in [0.25, 0.3) is 0 Å². The molecule has 0 spiro atoms. The highest BCUT2D eigenvalue weighted by molar-refractivity contribution is 5.75. The number of anilines is 2. The van der Waals surface area contributed by atoms with Crippen molar-refractivity contribution in [2.75, 3.05) is 5.32 Å². The van der Waals surface area contributed by atoms with E-state index in [1.165, 1.54) is 0 Å². The second-order valence-electron chi connectivity index (χ2n) is 4.54. The third-order valence-electron chi connectivity index (χ3n) is 2.96. The maximum absolute atomic E-state index is 13.9. The van der Waals surface area contributed by atoms with Gasteiger partial charge in [0.1, 0.15) is 5.69 Å². The number of carboxylic acid groups (broad SMARTS) is 1. The standard InChI is InChI=1S/C16H13F4NO2/c1-2-8-3-4-12(9(5-8)6-13(22)23)21-16-14(19)10(17)7-11(18)15(16)20/h3-5,7,21H,2,6H2,1H3,(H,22,23)/i1D3,2D2. The van der Waals surface area contributed by atoms with Gasteiger partial charge in [-0.25, -0.2) is 17.6 Å². The molecule has 0 radical (unpaired) electrons. The van der Waals surface area contributed by atoms with Gasteiger partial charge in [0.05, 0.1) is 6.42 Å². The first-order chi connectivity index (χ1) is 12.8. The Kier molecular flexibility index (Phi) is 3.21. The maximum Gasteiger partial charge on any atom is 0.307 e. The number of carboxylic acids is 1. The van der Waals surface area contributed by atoms with Gasteiger partial charge in [0, 0.05) is 18.6 Å². The normalized spacial score (nSPS) is 15.0. The molecule has 2 rings (SSSR count). The molecule has 0 aliphatic heterocycles. The topological polar surface area (TPSA) is 49.3 Å². The number of rotatable bonds is 5. The summed E-state index contributed by atoms with van der Waals surface area (Å²) < 4.78 is 91.7. The number of nitrogens with one attached hydrogen (secondary N) is 1. The molecule has 7 heteroatoms. The molecule has 2 aromatic rings. The number of hydrogen-bond donors (Lipinski definition) is 2. The first kappa shape index (κ1) is 11.0. The number of halogens is 4. The van der Waals surface area contributed by atoms with Crippen molar-refractivity contribution < 1.29 is 34.3 Å². The minimum atomic E-state index is -3.08. The second-order valence-corrected chi connectivity index (χ2v) is 4.54. The lowest BCUT2D eigenvalue weighted by Crippen LogP contribution is -2.08. The summed E-state index contributed by atoms with van der Waals surface area (Å²) in [5.41, 5.74) is -2.16. The fourth-order valence-electron chi connectivity index (χ4n) is 1.92. The van der Waals surface area contributed by atoms with Crippen LogP contribution in [0.2, 0.25) is 0 Å². The Morgan fingerprint density at radius 1 is 1.22 bits per heavy atom. The Hall–Kier alpha value is -2.57. The molecule has 0 aliphatic rings. The zero-order valence-electron chi connectivity index (χ0n) is 16.4. The third kappa shape index (κ3) is 3.61. The van der Waals surface area contributed by atoms with E-state index in [0.29, 0.717) is 0 Å². The monoisotopic (exact) mass is 332 g/mol. The molecule has 0 saturated carbocycles. The first-order valence-electron chi connectivity index (χ1n) is 8.71. The molecule has 0 saturated heterocycles. The quantitative estimate of drug-likeness (QED) is 0.638. The molecule has 0 fully saturated rings. The van der Waals surface area contributed by atoms with Crippen LogP contribution in [-0.2, 0) is 17.6 Å². The van der Waals surface area contributed by atoms with Crippen molar-refractivity contribution in [3.05, 3.63) is 58.7 Å². The van der Waals surface area contributed by atoms with E-state index in [-0.39, 0.29) is 17.3 Å². The van der Waals surface area contributed by atoms with Gasteiger partial charge >= 0.3 is 5.97 Å². The summed E-state index contributed by atoms with van der Waals surface area (Å²) in [6.07, 6.45) is -3.63. The van der Waals surface area contributed by atoms with E-state index in [4.69, 9.17) is 12.0 Å². The zero-order chi connectivity index (χ0) is 21.4. The van der Waals surface area contributed by atoms with E-state index < -0.39 is 60.1 Å². The van der Waals surface area contributed by atoms with E-state index in [9.17, 15) is 22.4 Å². The van der Waals surface area contributed by atoms with Crippen LogP contribution in [0.5, 0.6) is 0 Å². The second kappa shape index (κ2) is 6.68. The lowest BCUT2D eigenvalue weighted by Gasteiger charge is -2.14. The minimum Gasteiger partial charge on any atom is -0.481 e. The average molecular weight is 332 g/mol. The summed E-state index contributed by atoms with van der Waals surface area (Å²) in [6.45, 7) is -3.08. The van der Waals surface area contributed by atoms with Crippen molar-refractivity contribution in [1.82, 2.24) is 0 Å². The van der Waals surface area contributed by atoms with Crippen molar-refractivity contribution in [2.24, 2.45) is 0 Å². The molecule has 0 bridgehead atoms. The summed E-state index contributed by atoms with van der Waals surface area (Å²) in [6, 6.07) is 2.83.